The van der Waals surface area contributed by atoms with Crippen LogP contribution in [0.1, 0.15) is 28.8 Å². The zero-order valence-corrected chi connectivity index (χ0v) is 14.9. The summed E-state index contributed by atoms with van der Waals surface area (Å²) < 4.78 is 2.04. The molecule has 0 bridgehead atoms. The summed E-state index contributed by atoms with van der Waals surface area (Å²) in [5.41, 5.74) is 13.5. The van der Waals surface area contributed by atoms with Crippen molar-refractivity contribution in [3.8, 4) is 28.6 Å². The Hall–Kier alpha value is -3.24. The van der Waals surface area contributed by atoms with E-state index >= 15 is 0 Å². The summed E-state index contributed by atoms with van der Waals surface area (Å²) in [4.78, 5) is 8.84. The van der Waals surface area contributed by atoms with Gasteiger partial charge in [0.2, 0.25) is 0 Å². The first-order valence-corrected chi connectivity index (χ1v) is 9.20. The maximum Gasteiger partial charge on any atom is 0.142 e. The van der Waals surface area contributed by atoms with Gasteiger partial charge >= 0.3 is 0 Å². The van der Waals surface area contributed by atoms with E-state index in [9.17, 15) is 5.26 Å². The molecule has 0 aromatic carbocycles. The third kappa shape index (κ3) is 2.49. The van der Waals surface area contributed by atoms with Crippen molar-refractivity contribution in [2.45, 2.75) is 32.4 Å². The number of fused-ring (bicyclic) bond motifs is 4. The van der Waals surface area contributed by atoms with Gasteiger partial charge in [-0.3, -0.25) is 9.67 Å². The van der Waals surface area contributed by atoms with Gasteiger partial charge in [0.1, 0.15) is 17.5 Å². The minimum absolute atomic E-state index is 0.254. The van der Waals surface area contributed by atoms with Gasteiger partial charge in [0.25, 0.3) is 0 Å². The Morgan fingerprint density at radius 2 is 2.22 bits per heavy atom. The van der Waals surface area contributed by atoms with Crippen LogP contribution < -0.4 is 11.1 Å². The number of nitrogens with one attached hydrogen (secondary N) is 1. The van der Waals surface area contributed by atoms with Crippen LogP contribution in [-0.2, 0) is 25.9 Å². The maximum absolute atomic E-state index is 9.78. The second-order valence-corrected chi connectivity index (χ2v) is 6.99. The smallest absolute Gasteiger partial charge is 0.142 e. The molecule has 4 heterocycles. The Labute approximate surface area is 156 Å². The first-order valence-electron chi connectivity index (χ1n) is 9.20. The maximum atomic E-state index is 9.78. The van der Waals surface area contributed by atoms with Crippen LogP contribution in [0.25, 0.3) is 22.5 Å². The Kier molecular flexibility index (Phi) is 3.66. The number of anilines is 1. The lowest BCUT2D eigenvalue weighted by Gasteiger charge is -2.22. The lowest BCUT2D eigenvalue weighted by atomic mass is 9.85. The number of hydrogen-bond donors (Lipinski definition) is 2. The number of hydrogen-bond acceptors (Lipinski definition) is 6. The summed E-state index contributed by atoms with van der Waals surface area (Å²) >= 11 is 0. The van der Waals surface area contributed by atoms with Gasteiger partial charge in [0.05, 0.1) is 17.1 Å². The number of aromatic nitrogens is 4. The average Bonchev–Trinajstić information content (AvgIpc) is 2.96. The second kappa shape index (κ2) is 6.18. The van der Waals surface area contributed by atoms with Crippen molar-refractivity contribution in [1.82, 2.24) is 25.1 Å². The molecule has 0 saturated heterocycles. The highest BCUT2D eigenvalue weighted by atomic mass is 15.3. The molecule has 27 heavy (non-hydrogen) atoms. The number of nitrogens with two attached hydrogens (primary N) is 1. The molecule has 0 amide bonds. The topological polar surface area (TPSA) is 105 Å². The molecule has 1 aliphatic carbocycles. The predicted molar refractivity (Wildman–Crippen MR) is 102 cm³/mol. The van der Waals surface area contributed by atoms with E-state index in [-0.39, 0.29) is 5.82 Å². The van der Waals surface area contributed by atoms with Gasteiger partial charge in [0.15, 0.2) is 0 Å². The quantitative estimate of drug-likeness (QED) is 0.690. The fourth-order valence-electron chi connectivity index (χ4n) is 4.10. The van der Waals surface area contributed by atoms with Gasteiger partial charge in [0, 0.05) is 36.6 Å². The molecule has 7 nitrogen and oxygen atoms in total. The molecule has 0 radical (unpaired) electrons. The van der Waals surface area contributed by atoms with Crippen molar-refractivity contribution in [3.63, 3.8) is 0 Å². The summed E-state index contributed by atoms with van der Waals surface area (Å²) in [6.07, 6.45) is 6.38. The predicted octanol–water partition coefficient (Wildman–Crippen LogP) is 2.05. The van der Waals surface area contributed by atoms with Crippen LogP contribution in [0, 0.1) is 11.3 Å². The van der Waals surface area contributed by atoms with Gasteiger partial charge in [-0.1, -0.05) is 0 Å². The Balaban J connectivity index is 1.76. The Morgan fingerprint density at radius 1 is 1.30 bits per heavy atom. The van der Waals surface area contributed by atoms with Gasteiger partial charge in [-0.15, -0.1) is 0 Å². The molecular formula is C20H19N7. The van der Waals surface area contributed by atoms with E-state index in [1.54, 1.807) is 6.20 Å². The molecule has 0 saturated carbocycles. The molecule has 3 aromatic heterocycles. The molecular weight excluding hydrogens is 338 g/mol. The first kappa shape index (κ1) is 16.0. The lowest BCUT2D eigenvalue weighted by molar-refractivity contribution is 0.589. The molecule has 0 atom stereocenters. The number of pyridine rings is 2. The number of aryl methyl sites for hydroxylation is 2. The number of rotatable bonds is 1. The summed E-state index contributed by atoms with van der Waals surface area (Å²) in [5.74, 6) is 0.254. The van der Waals surface area contributed by atoms with E-state index in [0.29, 0.717) is 5.56 Å². The highest BCUT2D eigenvalue weighted by Crippen LogP contribution is 2.40. The number of nitriles is 1. The molecule has 5 rings (SSSR count). The molecule has 3 N–H and O–H groups in total. The van der Waals surface area contributed by atoms with Gasteiger partial charge in [-0.05, 0) is 49.1 Å². The molecule has 134 valence electrons. The van der Waals surface area contributed by atoms with Crippen LogP contribution in [0.15, 0.2) is 24.5 Å². The van der Waals surface area contributed by atoms with Crippen LogP contribution in [0.4, 0.5) is 5.82 Å². The molecule has 7 heteroatoms. The summed E-state index contributed by atoms with van der Waals surface area (Å²) in [6, 6.07) is 6.36. The molecule has 0 spiro atoms. The van der Waals surface area contributed by atoms with Crippen LogP contribution >= 0.6 is 0 Å². The van der Waals surface area contributed by atoms with Gasteiger partial charge in [-0.2, -0.15) is 10.4 Å². The summed E-state index contributed by atoms with van der Waals surface area (Å²) in [5, 5.41) is 18.0. The number of nitrogen functional groups attached to an aromatic ring is 1. The molecule has 2 aliphatic rings. The van der Waals surface area contributed by atoms with Gasteiger partial charge < -0.3 is 11.1 Å². The highest BCUT2D eigenvalue weighted by molar-refractivity contribution is 5.84. The van der Waals surface area contributed by atoms with Crippen molar-refractivity contribution in [2.75, 3.05) is 12.3 Å². The average molecular weight is 357 g/mol. The van der Waals surface area contributed by atoms with Crippen molar-refractivity contribution in [2.24, 2.45) is 0 Å². The van der Waals surface area contributed by atoms with E-state index in [4.69, 9.17) is 10.8 Å². The molecule has 0 unspecified atom stereocenters. The monoisotopic (exact) mass is 357 g/mol. The largest absolute Gasteiger partial charge is 0.383 e. The minimum atomic E-state index is 0.254. The van der Waals surface area contributed by atoms with Crippen LogP contribution in [0.5, 0.6) is 0 Å². The standard InChI is InChI=1S/C20H19N7/c21-9-15-18(17-8-13-10-23-5-1-7-27(13)26-17)14-3-2-12-4-6-24-11-16(12)19(14)25-20(15)22/h4,6,8,11,23H,1-3,5,7,10H2,(H2,22,25). The summed E-state index contributed by atoms with van der Waals surface area (Å²) in [7, 11) is 0. The third-order valence-electron chi connectivity index (χ3n) is 5.40. The van der Waals surface area contributed by atoms with E-state index in [1.165, 1.54) is 5.56 Å². The van der Waals surface area contributed by atoms with E-state index < -0.39 is 0 Å². The van der Waals surface area contributed by atoms with E-state index in [2.05, 4.69) is 27.4 Å². The molecule has 3 aromatic rings. The third-order valence-corrected chi connectivity index (χ3v) is 5.40. The van der Waals surface area contributed by atoms with Gasteiger partial charge in [-0.25, -0.2) is 4.98 Å². The Bertz CT molecular complexity index is 1070. The minimum Gasteiger partial charge on any atom is -0.383 e. The summed E-state index contributed by atoms with van der Waals surface area (Å²) in [6.45, 7) is 2.65. The zero-order chi connectivity index (χ0) is 18.4. The van der Waals surface area contributed by atoms with Crippen LogP contribution in [-0.4, -0.2) is 26.3 Å². The van der Waals surface area contributed by atoms with Crippen molar-refractivity contribution < 1.29 is 0 Å². The lowest BCUT2D eigenvalue weighted by Crippen LogP contribution is -2.12. The van der Waals surface area contributed by atoms with Crippen molar-refractivity contribution in [1.29, 1.82) is 5.26 Å². The SMILES string of the molecule is N#Cc1c(N)nc2c(c1-c1cc3n(n1)CCCNC3)CCc1ccncc1-2. The fraction of sp³-hybridized carbons (Fsp3) is 0.300. The normalized spacial score (nSPS) is 15.2. The molecule has 1 aliphatic heterocycles. The highest BCUT2D eigenvalue weighted by Gasteiger charge is 2.27. The zero-order valence-electron chi connectivity index (χ0n) is 14.9. The van der Waals surface area contributed by atoms with Crippen molar-refractivity contribution in [3.05, 3.63) is 46.9 Å². The van der Waals surface area contributed by atoms with Crippen LogP contribution in [0.2, 0.25) is 0 Å². The fourth-order valence-corrected chi connectivity index (χ4v) is 4.10. The van der Waals surface area contributed by atoms with E-state index in [1.807, 2.05) is 16.9 Å². The first-order chi connectivity index (χ1) is 13.3. The van der Waals surface area contributed by atoms with E-state index in [0.717, 1.165) is 72.7 Å². The van der Waals surface area contributed by atoms with Crippen molar-refractivity contribution >= 4 is 5.82 Å². The number of nitrogens with zero attached hydrogens (tertiary/aromatic N) is 5. The molecule has 0 fully saturated rings. The van der Waals surface area contributed by atoms with Crippen LogP contribution in [0.3, 0.4) is 0 Å². The second-order valence-electron chi connectivity index (χ2n) is 6.99. The Morgan fingerprint density at radius 3 is 3.11 bits per heavy atom.